The Morgan fingerprint density at radius 3 is 2.57 bits per heavy atom. The van der Waals surface area contributed by atoms with Crippen LogP contribution in [0.2, 0.25) is 0 Å². The third kappa shape index (κ3) is 4.59. The Hall–Kier alpha value is -1.79. The molecule has 2 aromatic rings. The minimum atomic E-state index is -0.293. The average molecular weight is 335 g/mol. The number of amides is 1. The van der Waals surface area contributed by atoms with Crippen molar-refractivity contribution in [2.24, 2.45) is 11.1 Å². The van der Waals surface area contributed by atoms with Gasteiger partial charge in [-0.15, -0.1) is 11.3 Å². The molecule has 2 rings (SSSR count). The van der Waals surface area contributed by atoms with Gasteiger partial charge in [0.1, 0.15) is 11.5 Å². The first-order valence-corrected chi connectivity index (χ1v) is 8.40. The summed E-state index contributed by atoms with van der Waals surface area (Å²) < 4.78 is 13.1. The molecule has 1 aromatic carbocycles. The molecule has 0 bridgehead atoms. The molecule has 1 aromatic heterocycles. The van der Waals surface area contributed by atoms with Crippen molar-refractivity contribution in [1.29, 1.82) is 0 Å². The molecule has 3 N–H and O–H groups in total. The summed E-state index contributed by atoms with van der Waals surface area (Å²) in [5.41, 5.74) is 6.55. The van der Waals surface area contributed by atoms with Gasteiger partial charge in [-0.1, -0.05) is 32.9 Å². The highest BCUT2D eigenvalue weighted by Crippen LogP contribution is 2.33. The zero-order valence-electron chi connectivity index (χ0n) is 13.6. The summed E-state index contributed by atoms with van der Waals surface area (Å²) in [4.78, 5) is 16.8. The molecule has 0 saturated carbocycles. The number of nitrogens with zero attached hydrogens (tertiary/aromatic N) is 1. The number of halogens is 1. The molecule has 0 saturated heterocycles. The molecule has 0 aliphatic carbocycles. The number of carbonyl (C=O) groups excluding carboxylic acids is 1. The van der Waals surface area contributed by atoms with Crippen LogP contribution < -0.4 is 11.1 Å². The van der Waals surface area contributed by atoms with Crippen molar-refractivity contribution < 1.29 is 9.18 Å². The predicted octanol–water partition coefficient (Wildman–Crippen LogP) is 3.30. The van der Waals surface area contributed by atoms with Gasteiger partial charge in [0.05, 0.1) is 11.0 Å². The van der Waals surface area contributed by atoms with E-state index in [1.165, 1.54) is 23.5 Å². The molecule has 1 unspecified atom stereocenters. The summed E-state index contributed by atoms with van der Waals surface area (Å²) in [6.07, 6.45) is 0.665. The normalized spacial score (nSPS) is 12.9. The lowest BCUT2D eigenvalue weighted by Gasteiger charge is -2.31. The first-order valence-electron chi connectivity index (χ1n) is 7.52. The van der Waals surface area contributed by atoms with Gasteiger partial charge in [-0.05, 0) is 29.7 Å². The molecule has 23 heavy (non-hydrogen) atoms. The van der Waals surface area contributed by atoms with Crippen molar-refractivity contribution in [2.75, 3.05) is 6.54 Å². The maximum atomic E-state index is 13.1. The van der Waals surface area contributed by atoms with Gasteiger partial charge in [0.15, 0.2) is 0 Å². The Bertz CT molecular complexity index is 661. The van der Waals surface area contributed by atoms with E-state index in [0.29, 0.717) is 18.7 Å². The number of thiazole rings is 1. The molecule has 0 fully saturated rings. The van der Waals surface area contributed by atoms with Gasteiger partial charge in [0.25, 0.3) is 5.91 Å². The summed E-state index contributed by atoms with van der Waals surface area (Å²) >= 11 is 1.43. The Labute approximate surface area is 139 Å². The van der Waals surface area contributed by atoms with Crippen LogP contribution in [0.3, 0.4) is 0 Å². The summed E-state index contributed by atoms with van der Waals surface area (Å²) in [5, 5.41) is 5.61. The van der Waals surface area contributed by atoms with E-state index in [-0.39, 0.29) is 23.2 Å². The molecular weight excluding hydrogens is 313 g/mol. The largest absolute Gasteiger partial charge is 0.343 e. The minimum Gasteiger partial charge on any atom is -0.343 e. The quantitative estimate of drug-likeness (QED) is 0.881. The smallest absolute Gasteiger partial charge is 0.271 e. The molecule has 0 radical (unpaired) electrons. The fourth-order valence-corrected chi connectivity index (χ4v) is 3.11. The highest BCUT2D eigenvalue weighted by atomic mass is 32.1. The molecule has 1 heterocycles. The standard InChI is InChI=1S/C17H22FN3OS/c1-17(2,3)15(11-4-6-12(18)7-5-11)21-16(22)13-10-23-14(20-13)8-9-19/h4-7,10,15H,8-9,19H2,1-3H3,(H,21,22). The minimum absolute atomic E-state index is 0.219. The highest BCUT2D eigenvalue weighted by Gasteiger charge is 2.28. The van der Waals surface area contributed by atoms with E-state index in [1.54, 1.807) is 17.5 Å². The van der Waals surface area contributed by atoms with Gasteiger partial charge in [0.2, 0.25) is 0 Å². The predicted molar refractivity (Wildman–Crippen MR) is 90.9 cm³/mol. The van der Waals surface area contributed by atoms with E-state index in [9.17, 15) is 9.18 Å². The Balaban J connectivity index is 2.20. The van der Waals surface area contributed by atoms with Crippen molar-refractivity contribution in [1.82, 2.24) is 10.3 Å². The van der Waals surface area contributed by atoms with E-state index in [0.717, 1.165) is 10.6 Å². The number of carbonyl (C=O) groups is 1. The number of nitrogens with two attached hydrogens (primary N) is 1. The molecule has 6 heteroatoms. The van der Waals surface area contributed by atoms with Gasteiger partial charge in [0, 0.05) is 11.8 Å². The third-order valence-corrected chi connectivity index (χ3v) is 4.40. The zero-order valence-corrected chi connectivity index (χ0v) is 14.4. The molecule has 1 amide bonds. The van der Waals surface area contributed by atoms with Gasteiger partial charge in [-0.2, -0.15) is 0 Å². The Morgan fingerprint density at radius 2 is 2.00 bits per heavy atom. The van der Waals surface area contributed by atoms with Crippen LogP contribution in [0.25, 0.3) is 0 Å². The molecule has 124 valence electrons. The summed E-state index contributed by atoms with van der Waals surface area (Å²) in [6.45, 7) is 6.60. The highest BCUT2D eigenvalue weighted by molar-refractivity contribution is 7.09. The fourth-order valence-electron chi connectivity index (χ4n) is 2.31. The lowest BCUT2D eigenvalue weighted by atomic mass is 9.82. The van der Waals surface area contributed by atoms with E-state index in [4.69, 9.17) is 5.73 Å². The molecule has 4 nitrogen and oxygen atoms in total. The summed E-state index contributed by atoms with van der Waals surface area (Å²) in [7, 11) is 0. The second-order valence-corrected chi connectivity index (χ2v) is 7.43. The number of benzene rings is 1. The molecule has 0 spiro atoms. The van der Waals surface area contributed by atoms with E-state index < -0.39 is 0 Å². The third-order valence-electron chi connectivity index (χ3n) is 3.49. The van der Waals surface area contributed by atoms with Crippen LogP contribution >= 0.6 is 11.3 Å². The molecular formula is C17H22FN3OS. The first kappa shape index (κ1) is 17.6. The van der Waals surface area contributed by atoms with E-state index in [2.05, 4.69) is 10.3 Å². The van der Waals surface area contributed by atoms with Gasteiger partial charge >= 0.3 is 0 Å². The van der Waals surface area contributed by atoms with Gasteiger partial charge in [-0.3, -0.25) is 4.79 Å². The summed E-state index contributed by atoms with van der Waals surface area (Å²) in [6, 6.07) is 5.97. The van der Waals surface area contributed by atoms with Crippen LogP contribution in [0.1, 0.15) is 47.9 Å². The van der Waals surface area contributed by atoms with Crippen molar-refractivity contribution in [3.05, 3.63) is 51.7 Å². The first-order chi connectivity index (χ1) is 10.8. The zero-order chi connectivity index (χ0) is 17.0. The van der Waals surface area contributed by atoms with Crippen LogP contribution in [0.4, 0.5) is 4.39 Å². The second kappa shape index (κ2) is 7.19. The van der Waals surface area contributed by atoms with Gasteiger partial charge in [-0.25, -0.2) is 9.37 Å². The van der Waals surface area contributed by atoms with Crippen LogP contribution in [0, 0.1) is 11.2 Å². The van der Waals surface area contributed by atoms with Crippen LogP contribution in [0.15, 0.2) is 29.6 Å². The fraction of sp³-hybridized carbons (Fsp3) is 0.412. The van der Waals surface area contributed by atoms with Gasteiger partial charge < -0.3 is 11.1 Å². The maximum absolute atomic E-state index is 13.1. The van der Waals surface area contributed by atoms with E-state index in [1.807, 2.05) is 20.8 Å². The Kier molecular flexibility index (Phi) is 5.49. The number of hydrogen-bond donors (Lipinski definition) is 2. The summed E-state index contributed by atoms with van der Waals surface area (Å²) in [5.74, 6) is -0.521. The number of hydrogen-bond acceptors (Lipinski definition) is 4. The van der Waals surface area contributed by atoms with Crippen molar-refractivity contribution in [2.45, 2.75) is 33.2 Å². The van der Waals surface area contributed by atoms with E-state index >= 15 is 0 Å². The van der Waals surface area contributed by atoms with Crippen LogP contribution in [-0.2, 0) is 6.42 Å². The number of aromatic nitrogens is 1. The Morgan fingerprint density at radius 1 is 1.35 bits per heavy atom. The van der Waals surface area contributed by atoms with Crippen LogP contribution in [0.5, 0.6) is 0 Å². The molecule has 0 aliphatic heterocycles. The maximum Gasteiger partial charge on any atom is 0.271 e. The lowest BCUT2D eigenvalue weighted by Crippen LogP contribution is -2.36. The average Bonchev–Trinajstić information content (AvgIpc) is 2.94. The monoisotopic (exact) mass is 335 g/mol. The van der Waals surface area contributed by atoms with Crippen molar-refractivity contribution in [3.63, 3.8) is 0 Å². The van der Waals surface area contributed by atoms with Crippen LogP contribution in [-0.4, -0.2) is 17.4 Å². The van der Waals surface area contributed by atoms with Crippen molar-refractivity contribution in [3.8, 4) is 0 Å². The number of nitrogens with one attached hydrogen (secondary N) is 1. The SMILES string of the molecule is CC(C)(C)C(NC(=O)c1csc(CCN)n1)c1ccc(F)cc1. The molecule has 0 aliphatic rings. The lowest BCUT2D eigenvalue weighted by molar-refractivity contribution is 0.0897. The van der Waals surface area contributed by atoms with Crippen molar-refractivity contribution >= 4 is 17.2 Å². The topological polar surface area (TPSA) is 68.0 Å². The number of rotatable bonds is 5. The molecule has 1 atom stereocenters. The second-order valence-electron chi connectivity index (χ2n) is 6.49.